The van der Waals surface area contributed by atoms with Crippen LogP contribution in [0.5, 0.6) is 11.5 Å². The molecule has 0 amide bonds. The Balaban J connectivity index is 1.97. The number of benzene rings is 3. The minimum atomic E-state index is -0.395. The first kappa shape index (κ1) is 12.0. The van der Waals surface area contributed by atoms with Gasteiger partial charge in [-0.2, -0.15) is 0 Å². The van der Waals surface area contributed by atoms with E-state index in [1.54, 1.807) is 12.1 Å². The molecule has 3 aromatic rings. The van der Waals surface area contributed by atoms with Crippen LogP contribution in [-0.2, 0) is 4.79 Å². The van der Waals surface area contributed by atoms with Crippen molar-refractivity contribution >= 4 is 16.7 Å². The quantitative estimate of drug-likeness (QED) is 0.545. The summed E-state index contributed by atoms with van der Waals surface area (Å²) in [5.74, 6) is 0.0803. The fourth-order valence-electron chi connectivity index (χ4n) is 2.92. The third-order valence-corrected chi connectivity index (χ3v) is 3.90. The number of phenolic OH excluding ortho intramolecular Hbond substituents is 1. The van der Waals surface area contributed by atoms with Crippen molar-refractivity contribution in [2.24, 2.45) is 0 Å². The summed E-state index contributed by atoms with van der Waals surface area (Å²) in [6.07, 6.45) is 0. The van der Waals surface area contributed by atoms with Crippen LogP contribution in [-0.4, -0.2) is 11.1 Å². The van der Waals surface area contributed by atoms with Gasteiger partial charge in [0.05, 0.1) is 0 Å². The number of ether oxygens (including phenoxy) is 1. The van der Waals surface area contributed by atoms with Gasteiger partial charge in [-0.15, -0.1) is 0 Å². The van der Waals surface area contributed by atoms with E-state index in [-0.39, 0.29) is 11.7 Å². The minimum Gasteiger partial charge on any atom is -0.507 e. The molecule has 1 heterocycles. The first-order chi connectivity index (χ1) is 10.3. The van der Waals surface area contributed by atoms with E-state index in [0.29, 0.717) is 11.1 Å². The van der Waals surface area contributed by atoms with Gasteiger partial charge in [0.25, 0.3) is 0 Å². The normalized spacial score (nSPS) is 16.8. The zero-order valence-corrected chi connectivity index (χ0v) is 11.1. The van der Waals surface area contributed by atoms with Crippen molar-refractivity contribution in [1.82, 2.24) is 0 Å². The van der Waals surface area contributed by atoms with Crippen LogP contribution in [0.4, 0.5) is 0 Å². The summed E-state index contributed by atoms with van der Waals surface area (Å²) in [6.45, 7) is 0. The number of esters is 1. The second kappa shape index (κ2) is 4.35. The highest BCUT2D eigenvalue weighted by molar-refractivity contribution is 6.01. The van der Waals surface area contributed by atoms with E-state index in [2.05, 4.69) is 0 Å². The molecule has 0 aliphatic carbocycles. The van der Waals surface area contributed by atoms with Crippen LogP contribution in [0.3, 0.4) is 0 Å². The molecular formula is C18H12O3. The number of aromatic hydroxyl groups is 1. The van der Waals surface area contributed by atoms with E-state index in [4.69, 9.17) is 4.74 Å². The first-order valence-corrected chi connectivity index (χ1v) is 6.77. The van der Waals surface area contributed by atoms with E-state index >= 15 is 0 Å². The zero-order valence-electron chi connectivity index (χ0n) is 11.1. The van der Waals surface area contributed by atoms with E-state index in [9.17, 15) is 9.90 Å². The third-order valence-electron chi connectivity index (χ3n) is 3.90. The number of carbonyl (C=O) groups is 1. The van der Waals surface area contributed by atoms with Crippen molar-refractivity contribution in [2.45, 2.75) is 5.92 Å². The number of carbonyl (C=O) groups excluding carboxylic acids is 1. The van der Waals surface area contributed by atoms with Crippen molar-refractivity contribution < 1.29 is 14.6 Å². The molecule has 0 spiro atoms. The maximum Gasteiger partial charge on any atom is 0.323 e. The molecule has 0 saturated carbocycles. The lowest BCUT2D eigenvalue weighted by atomic mass is 9.91. The zero-order chi connectivity index (χ0) is 14.4. The van der Waals surface area contributed by atoms with Gasteiger partial charge in [-0.3, -0.25) is 4.79 Å². The Morgan fingerprint density at radius 3 is 2.48 bits per heavy atom. The van der Waals surface area contributed by atoms with Gasteiger partial charge in [-0.1, -0.05) is 54.6 Å². The molecule has 1 aliphatic rings. The Hall–Kier alpha value is -2.81. The van der Waals surface area contributed by atoms with Crippen LogP contribution in [0.2, 0.25) is 0 Å². The smallest absolute Gasteiger partial charge is 0.323 e. The molecule has 1 N–H and O–H groups in total. The van der Waals surface area contributed by atoms with Crippen molar-refractivity contribution in [2.75, 3.05) is 0 Å². The average molecular weight is 276 g/mol. The summed E-state index contributed by atoms with van der Waals surface area (Å²) in [6, 6.07) is 18.5. The van der Waals surface area contributed by atoms with Gasteiger partial charge in [0.1, 0.15) is 17.4 Å². The lowest BCUT2D eigenvalue weighted by Gasteiger charge is -2.08. The molecular weight excluding hydrogens is 264 g/mol. The molecule has 0 saturated heterocycles. The summed E-state index contributed by atoms with van der Waals surface area (Å²) in [4.78, 5) is 12.3. The second-order valence-corrected chi connectivity index (χ2v) is 5.12. The third kappa shape index (κ3) is 1.71. The van der Waals surface area contributed by atoms with Crippen LogP contribution < -0.4 is 4.74 Å². The summed E-state index contributed by atoms with van der Waals surface area (Å²) in [7, 11) is 0. The van der Waals surface area contributed by atoms with Crippen LogP contribution in [0.15, 0.2) is 60.7 Å². The SMILES string of the molecule is O=C1Oc2c(ccc3c(O)cccc23)C1c1ccccc1. The van der Waals surface area contributed by atoms with E-state index in [1.807, 2.05) is 48.5 Å². The molecule has 4 rings (SSSR count). The lowest BCUT2D eigenvalue weighted by Crippen LogP contribution is -2.11. The second-order valence-electron chi connectivity index (χ2n) is 5.12. The van der Waals surface area contributed by atoms with Gasteiger partial charge in [0.2, 0.25) is 0 Å². The summed E-state index contributed by atoms with van der Waals surface area (Å²) < 4.78 is 5.49. The van der Waals surface area contributed by atoms with Gasteiger partial charge in [-0.05, 0) is 11.6 Å². The Kier molecular flexibility index (Phi) is 2.48. The first-order valence-electron chi connectivity index (χ1n) is 6.77. The van der Waals surface area contributed by atoms with Crippen LogP contribution in [0.25, 0.3) is 10.8 Å². The standard InChI is InChI=1S/C18H12O3/c19-15-8-4-7-13-12(15)9-10-14-16(18(20)21-17(13)14)11-5-2-1-3-6-11/h1-10,16,19H. The molecule has 1 unspecified atom stereocenters. The van der Waals surface area contributed by atoms with Crippen molar-refractivity contribution in [1.29, 1.82) is 0 Å². The molecule has 0 aromatic heterocycles. The van der Waals surface area contributed by atoms with E-state index in [1.165, 1.54) is 0 Å². The number of hydrogen-bond acceptors (Lipinski definition) is 3. The van der Waals surface area contributed by atoms with Gasteiger partial charge < -0.3 is 9.84 Å². The van der Waals surface area contributed by atoms with Crippen molar-refractivity contribution in [3.8, 4) is 11.5 Å². The molecule has 0 radical (unpaired) electrons. The van der Waals surface area contributed by atoms with E-state index in [0.717, 1.165) is 16.5 Å². The lowest BCUT2D eigenvalue weighted by molar-refractivity contribution is -0.133. The molecule has 0 fully saturated rings. The molecule has 102 valence electrons. The Morgan fingerprint density at radius 1 is 0.857 bits per heavy atom. The minimum absolute atomic E-state index is 0.189. The van der Waals surface area contributed by atoms with Gasteiger partial charge in [-0.25, -0.2) is 0 Å². The highest BCUT2D eigenvalue weighted by Crippen LogP contribution is 2.44. The monoisotopic (exact) mass is 276 g/mol. The number of hydrogen-bond donors (Lipinski definition) is 1. The van der Waals surface area contributed by atoms with Gasteiger partial charge in [0, 0.05) is 16.3 Å². The van der Waals surface area contributed by atoms with Crippen molar-refractivity contribution in [3.05, 3.63) is 71.8 Å². The molecule has 1 aliphatic heterocycles. The fourth-order valence-corrected chi connectivity index (χ4v) is 2.92. The highest BCUT2D eigenvalue weighted by atomic mass is 16.5. The Morgan fingerprint density at radius 2 is 1.67 bits per heavy atom. The largest absolute Gasteiger partial charge is 0.507 e. The van der Waals surface area contributed by atoms with Crippen molar-refractivity contribution in [3.63, 3.8) is 0 Å². The maximum absolute atomic E-state index is 12.3. The molecule has 3 nitrogen and oxygen atoms in total. The number of rotatable bonds is 1. The van der Waals surface area contributed by atoms with Crippen LogP contribution in [0, 0.1) is 0 Å². The predicted molar refractivity (Wildman–Crippen MR) is 79.5 cm³/mol. The molecule has 3 aromatic carbocycles. The summed E-state index contributed by atoms with van der Waals surface area (Å²) in [5, 5.41) is 11.4. The number of fused-ring (bicyclic) bond motifs is 3. The average Bonchev–Trinajstić information content (AvgIpc) is 2.85. The summed E-state index contributed by atoms with van der Waals surface area (Å²) >= 11 is 0. The predicted octanol–water partition coefficient (Wildman–Crippen LogP) is 3.60. The van der Waals surface area contributed by atoms with Crippen LogP contribution in [0.1, 0.15) is 17.0 Å². The molecule has 1 atom stereocenters. The van der Waals surface area contributed by atoms with Crippen LogP contribution >= 0.6 is 0 Å². The van der Waals surface area contributed by atoms with E-state index < -0.39 is 5.92 Å². The van der Waals surface area contributed by atoms with Gasteiger partial charge >= 0.3 is 5.97 Å². The maximum atomic E-state index is 12.3. The topological polar surface area (TPSA) is 46.5 Å². The number of phenols is 1. The Bertz CT molecular complexity index is 853. The highest BCUT2D eigenvalue weighted by Gasteiger charge is 2.35. The molecule has 0 bridgehead atoms. The Labute approximate surface area is 121 Å². The fraction of sp³-hybridized carbons (Fsp3) is 0.0556. The molecule has 3 heteroatoms. The molecule has 21 heavy (non-hydrogen) atoms. The summed E-state index contributed by atoms with van der Waals surface area (Å²) in [5.41, 5.74) is 1.77. The van der Waals surface area contributed by atoms with Gasteiger partial charge in [0.15, 0.2) is 0 Å².